The van der Waals surface area contributed by atoms with Gasteiger partial charge in [0.1, 0.15) is 5.82 Å². The van der Waals surface area contributed by atoms with Gasteiger partial charge in [0, 0.05) is 17.2 Å². The largest absolute Gasteiger partial charge is 0.465 e. The van der Waals surface area contributed by atoms with Gasteiger partial charge in [-0.3, -0.25) is 0 Å². The highest BCUT2D eigenvalue weighted by Gasteiger charge is 2.41. The standard InChI is InChI=1S/C21H20FNO2/c1-12-10-11-16(21(24)25-2)18-13-7-5-8-14(13)20(23-19(12)18)15-6-3-4-9-17(15)22/h3-7,9-11,13-14,20,23H,8H2,1-2H3/t13-,14-,20-/m0/s1. The van der Waals surface area contributed by atoms with Crippen LogP contribution in [0.4, 0.5) is 10.1 Å². The molecule has 128 valence electrons. The zero-order chi connectivity index (χ0) is 17.6. The third-order valence-electron chi connectivity index (χ3n) is 5.37. The molecule has 2 aromatic rings. The average molecular weight is 337 g/mol. The highest BCUT2D eigenvalue weighted by atomic mass is 19.1. The number of rotatable bonds is 2. The topological polar surface area (TPSA) is 38.3 Å². The summed E-state index contributed by atoms with van der Waals surface area (Å²) in [6, 6.07) is 10.5. The molecule has 0 radical (unpaired) electrons. The maximum atomic E-state index is 14.4. The van der Waals surface area contributed by atoms with Gasteiger partial charge in [0.15, 0.2) is 0 Å². The lowest BCUT2D eigenvalue weighted by Gasteiger charge is -2.39. The van der Waals surface area contributed by atoms with Crippen LogP contribution in [0.15, 0.2) is 48.6 Å². The molecule has 0 saturated heterocycles. The maximum absolute atomic E-state index is 14.4. The second kappa shape index (κ2) is 6.03. The van der Waals surface area contributed by atoms with Crippen molar-refractivity contribution in [3.63, 3.8) is 0 Å². The molecule has 0 saturated carbocycles. The Balaban J connectivity index is 1.89. The van der Waals surface area contributed by atoms with Gasteiger partial charge in [-0.25, -0.2) is 9.18 Å². The number of benzene rings is 2. The van der Waals surface area contributed by atoms with Crippen LogP contribution in [0.3, 0.4) is 0 Å². The normalized spacial score (nSPS) is 23.6. The Morgan fingerprint density at radius 3 is 2.80 bits per heavy atom. The molecule has 25 heavy (non-hydrogen) atoms. The summed E-state index contributed by atoms with van der Waals surface area (Å²) in [5, 5.41) is 3.53. The molecule has 0 amide bonds. The number of hydrogen-bond acceptors (Lipinski definition) is 3. The van der Waals surface area contributed by atoms with E-state index in [1.807, 2.05) is 31.2 Å². The van der Waals surface area contributed by atoms with Crippen LogP contribution < -0.4 is 5.32 Å². The van der Waals surface area contributed by atoms with Gasteiger partial charge in [0.05, 0.1) is 18.7 Å². The van der Waals surface area contributed by atoms with Crippen LogP contribution in [0, 0.1) is 18.7 Å². The fraction of sp³-hybridized carbons (Fsp3) is 0.286. The first kappa shape index (κ1) is 15.9. The van der Waals surface area contributed by atoms with Gasteiger partial charge in [-0.05, 0) is 42.5 Å². The number of aryl methyl sites for hydroxylation is 1. The smallest absolute Gasteiger partial charge is 0.338 e. The van der Waals surface area contributed by atoms with Crippen molar-refractivity contribution in [3.8, 4) is 0 Å². The third-order valence-corrected chi connectivity index (χ3v) is 5.37. The van der Waals surface area contributed by atoms with Gasteiger partial charge >= 0.3 is 5.97 Å². The molecule has 0 bridgehead atoms. The number of carbonyl (C=O) groups is 1. The summed E-state index contributed by atoms with van der Waals surface area (Å²) in [5.41, 5.74) is 4.20. The van der Waals surface area contributed by atoms with Crippen molar-refractivity contribution >= 4 is 11.7 Å². The van der Waals surface area contributed by atoms with E-state index < -0.39 is 0 Å². The fourth-order valence-electron chi connectivity index (χ4n) is 4.18. The van der Waals surface area contributed by atoms with Crippen LogP contribution in [0.25, 0.3) is 0 Å². The van der Waals surface area contributed by atoms with E-state index in [4.69, 9.17) is 4.74 Å². The molecule has 3 nitrogen and oxygen atoms in total. The van der Waals surface area contributed by atoms with Crippen LogP contribution in [0.1, 0.15) is 45.4 Å². The highest BCUT2D eigenvalue weighted by molar-refractivity contribution is 5.94. The SMILES string of the molecule is COC(=O)c1ccc(C)c2c1[C@H]1C=CC[C@@H]1[C@@H](c1ccccc1F)N2. The van der Waals surface area contributed by atoms with Gasteiger partial charge in [-0.1, -0.05) is 36.4 Å². The number of nitrogens with one attached hydrogen (secondary N) is 1. The summed E-state index contributed by atoms with van der Waals surface area (Å²) in [4.78, 5) is 12.3. The summed E-state index contributed by atoms with van der Waals surface area (Å²) in [6.45, 7) is 2.00. The van der Waals surface area contributed by atoms with E-state index in [2.05, 4.69) is 17.5 Å². The van der Waals surface area contributed by atoms with Gasteiger partial charge < -0.3 is 10.1 Å². The Hall–Kier alpha value is -2.62. The first-order valence-corrected chi connectivity index (χ1v) is 8.51. The van der Waals surface area contributed by atoms with Gasteiger partial charge in [0.2, 0.25) is 0 Å². The molecular weight excluding hydrogens is 317 g/mol. The first-order valence-electron chi connectivity index (χ1n) is 8.51. The summed E-state index contributed by atoms with van der Waals surface area (Å²) >= 11 is 0. The average Bonchev–Trinajstić information content (AvgIpc) is 3.11. The van der Waals surface area contributed by atoms with Crippen molar-refractivity contribution in [2.45, 2.75) is 25.3 Å². The summed E-state index contributed by atoms with van der Waals surface area (Å²) in [5.74, 6) is -0.276. The number of ether oxygens (including phenoxy) is 1. The molecular formula is C21H20FNO2. The molecule has 1 N–H and O–H groups in total. The molecule has 0 spiro atoms. The predicted molar refractivity (Wildman–Crippen MR) is 95.3 cm³/mol. The van der Waals surface area contributed by atoms with Crippen molar-refractivity contribution < 1.29 is 13.9 Å². The van der Waals surface area contributed by atoms with E-state index in [0.717, 1.165) is 23.2 Å². The molecule has 1 heterocycles. The van der Waals surface area contributed by atoms with Gasteiger partial charge in [-0.2, -0.15) is 0 Å². The number of allylic oxidation sites excluding steroid dienone is 2. The van der Waals surface area contributed by atoms with Crippen LogP contribution in [-0.4, -0.2) is 13.1 Å². The van der Waals surface area contributed by atoms with Crippen molar-refractivity contribution in [1.82, 2.24) is 0 Å². The Bertz CT molecular complexity index is 874. The minimum Gasteiger partial charge on any atom is -0.465 e. The third kappa shape index (κ3) is 2.44. The highest BCUT2D eigenvalue weighted by Crippen LogP contribution is 2.52. The van der Waals surface area contributed by atoms with Crippen LogP contribution in [-0.2, 0) is 4.74 Å². The number of esters is 1. The molecule has 3 atom stereocenters. The van der Waals surface area contributed by atoms with E-state index >= 15 is 0 Å². The lowest BCUT2D eigenvalue weighted by molar-refractivity contribution is 0.0598. The van der Waals surface area contributed by atoms with Crippen LogP contribution in [0.2, 0.25) is 0 Å². The van der Waals surface area contributed by atoms with E-state index in [-0.39, 0.29) is 29.7 Å². The Morgan fingerprint density at radius 1 is 1.24 bits per heavy atom. The number of hydrogen-bond donors (Lipinski definition) is 1. The second-order valence-corrected chi connectivity index (χ2v) is 6.71. The van der Waals surface area contributed by atoms with E-state index in [1.54, 1.807) is 6.07 Å². The maximum Gasteiger partial charge on any atom is 0.338 e. The molecule has 1 aliphatic carbocycles. The molecule has 0 aromatic heterocycles. The number of anilines is 1. The quantitative estimate of drug-likeness (QED) is 0.635. The van der Waals surface area contributed by atoms with Gasteiger partial charge in [-0.15, -0.1) is 0 Å². The Kier molecular flexibility index (Phi) is 3.83. The summed E-state index contributed by atoms with van der Waals surface area (Å²) in [7, 11) is 1.40. The van der Waals surface area contributed by atoms with E-state index in [1.165, 1.54) is 13.2 Å². The molecule has 4 rings (SSSR count). The van der Waals surface area contributed by atoms with Crippen molar-refractivity contribution in [3.05, 3.63) is 76.6 Å². The Morgan fingerprint density at radius 2 is 2.04 bits per heavy atom. The molecule has 4 heteroatoms. The first-order chi connectivity index (χ1) is 12.1. The van der Waals surface area contributed by atoms with Gasteiger partial charge in [0.25, 0.3) is 0 Å². The molecule has 1 aliphatic heterocycles. The molecule has 2 aliphatic rings. The van der Waals surface area contributed by atoms with Crippen molar-refractivity contribution in [2.75, 3.05) is 12.4 Å². The predicted octanol–water partition coefficient (Wildman–Crippen LogP) is 4.75. The number of halogens is 1. The number of methoxy groups -OCH3 is 1. The molecule has 0 unspecified atom stereocenters. The van der Waals surface area contributed by atoms with Crippen molar-refractivity contribution in [2.24, 2.45) is 5.92 Å². The monoisotopic (exact) mass is 337 g/mol. The van der Waals surface area contributed by atoms with Crippen LogP contribution in [0.5, 0.6) is 0 Å². The lowest BCUT2D eigenvalue weighted by atomic mass is 9.74. The Labute approximate surface area is 146 Å². The minimum absolute atomic E-state index is 0.0786. The van der Waals surface area contributed by atoms with Crippen molar-refractivity contribution in [1.29, 1.82) is 0 Å². The second-order valence-electron chi connectivity index (χ2n) is 6.71. The fourth-order valence-corrected chi connectivity index (χ4v) is 4.18. The van der Waals surface area contributed by atoms with Crippen LogP contribution >= 0.6 is 0 Å². The summed E-state index contributed by atoms with van der Waals surface area (Å²) in [6.07, 6.45) is 5.12. The van der Waals surface area contributed by atoms with E-state index in [0.29, 0.717) is 11.1 Å². The number of fused-ring (bicyclic) bond motifs is 3. The molecule has 0 fully saturated rings. The number of carbonyl (C=O) groups excluding carboxylic acids is 1. The zero-order valence-corrected chi connectivity index (χ0v) is 14.3. The van der Waals surface area contributed by atoms with E-state index in [9.17, 15) is 9.18 Å². The lowest BCUT2D eigenvalue weighted by Crippen LogP contribution is -2.31. The summed E-state index contributed by atoms with van der Waals surface area (Å²) < 4.78 is 19.4. The minimum atomic E-state index is -0.332. The molecule has 2 aromatic carbocycles. The zero-order valence-electron chi connectivity index (χ0n) is 14.3.